The second-order valence-corrected chi connectivity index (χ2v) is 28.7. The van der Waals surface area contributed by atoms with Crippen molar-refractivity contribution >= 4 is 58.7 Å². The van der Waals surface area contributed by atoms with Gasteiger partial charge in [-0.15, -0.1) is 69.7 Å². The molecule has 0 atom stereocenters. The molecule has 37 heavy (non-hydrogen) atoms. The third-order valence-corrected chi connectivity index (χ3v) is 13.5. The maximum absolute atomic E-state index is 2.39. The van der Waals surface area contributed by atoms with Gasteiger partial charge in [-0.3, -0.25) is 0 Å². The van der Waals surface area contributed by atoms with Crippen LogP contribution in [0.2, 0.25) is 45.8 Å². The van der Waals surface area contributed by atoms with Crippen LogP contribution in [0.5, 0.6) is 0 Å². The van der Waals surface area contributed by atoms with Crippen molar-refractivity contribution < 1.29 is 48.1 Å². The van der Waals surface area contributed by atoms with Gasteiger partial charge in [-0.1, -0.05) is 51.4 Å². The molecule has 5 rings (SSSR count). The van der Waals surface area contributed by atoms with E-state index in [4.69, 9.17) is 0 Å². The summed E-state index contributed by atoms with van der Waals surface area (Å²) in [6.45, 7) is 16.7. The van der Waals surface area contributed by atoms with Crippen molar-refractivity contribution in [1.82, 2.24) is 0 Å². The predicted molar refractivity (Wildman–Crippen MR) is 163 cm³/mol. The maximum Gasteiger partial charge on any atom is 0.0564 e. The molecule has 0 saturated carbocycles. The summed E-state index contributed by atoms with van der Waals surface area (Å²) in [5.41, 5.74) is -0.122. The first-order chi connectivity index (χ1) is 16.4. The smallest absolute Gasteiger partial charge is 0.0564 e. The molecule has 0 aromatic heterocycles. The number of hydrogen-bond acceptors (Lipinski definition) is 0. The molecule has 0 N–H and O–H groups in total. The van der Waals surface area contributed by atoms with Crippen molar-refractivity contribution in [2.75, 3.05) is 0 Å². The molecule has 5 aromatic carbocycles. The molecule has 0 unspecified atom stereocenters. The van der Waals surface area contributed by atoms with Gasteiger partial charge in [-0.05, 0) is 0 Å². The molecule has 6 heteroatoms. The molecule has 0 radical (unpaired) electrons. The molecule has 0 aliphatic carbocycles. The molecule has 5 aromatic rings. The van der Waals surface area contributed by atoms with Crippen LogP contribution in [0.1, 0.15) is 0 Å². The van der Waals surface area contributed by atoms with Crippen molar-refractivity contribution in [1.29, 1.82) is 0 Å². The van der Waals surface area contributed by atoms with Gasteiger partial charge in [-0.2, -0.15) is 22.9 Å². The van der Waals surface area contributed by atoms with Crippen LogP contribution in [-0.2, 0) is 23.3 Å². The summed E-state index contributed by atoms with van der Waals surface area (Å²) >= 11 is 1.69. The molecule has 0 fully saturated rings. The zero-order chi connectivity index (χ0) is 25.6. The van der Waals surface area contributed by atoms with Crippen LogP contribution in [0.3, 0.4) is 0 Å². The third-order valence-electron chi connectivity index (χ3n) is 6.17. The molecule has 0 nitrogen and oxygen atoms in total. The first kappa shape index (κ1) is 34.0. The van der Waals surface area contributed by atoms with Crippen molar-refractivity contribution in [3.63, 3.8) is 0 Å². The summed E-state index contributed by atoms with van der Waals surface area (Å²) in [4.78, 5) is 0. The van der Waals surface area contributed by atoms with Crippen molar-refractivity contribution in [2.45, 2.75) is 45.8 Å². The normalized spacial score (nSPS) is 10.8. The first-order valence-corrected chi connectivity index (χ1v) is 25.1. The summed E-state index contributed by atoms with van der Waals surface area (Å²) in [6, 6.07) is 37.4. The van der Waals surface area contributed by atoms with Crippen molar-refractivity contribution in [3.05, 3.63) is 103 Å². The second-order valence-electron chi connectivity index (χ2n) is 11.2. The van der Waals surface area contributed by atoms with Gasteiger partial charge in [0.05, 0.1) is 16.1 Å². The van der Waals surface area contributed by atoms with E-state index < -0.39 is 16.1 Å². The molecular formula is C31H38Cl2Si3Zr-2. The molecule has 0 heterocycles. The zero-order valence-electron chi connectivity index (χ0n) is 23.1. The predicted octanol–water partition coefficient (Wildman–Crippen LogP) is 1.28. The van der Waals surface area contributed by atoms with Crippen LogP contribution in [0.25, 0.3) is 21.5 Å². The topological polar surface area (TPSA) is 0 Å². The van der Waals surface area contributed by atoms with E-state index in [0.29, 0.717) is 0 Å². The van der Waals surface area contributed by atoms with Gasteiger partial charge in [0, 0.05) is 0 Å². The Morgan fingerprint density at radius 2 is 0.919 bits per heavy atom. The standard InChI is InChI=1S/2C12H15Si.C7H8Si.2ClH.Zr/c2*1-13(2,3)12-8-10-6-4-5-7-11(10)9-12;1-8-7-5-3-2-4-6-7;;;/h2*4-9H,1-3H3;2-6H,1H3;2*1H;/q2*-1;;;;+2/p-2. The van der Waals surface area contributed by atoms with Crippen molar-refractivity contribution in [3.8, 4) is 0 Å². The van der Waals surface area contributed by atoms with E-state index in [2.05, 4.69) is 149 Å². The van der Waals surface area contributed by atoms with Gasteiger partial charge < -0.3 is 24.8 Å². The fourth-order valence-electron chi connectivity index (χ4n) is 3.86. The van der Waals surface area contributed by atoms with E-state index in [1.54, 1.807) is 38.9 Å². The monoisotopic (exact) mass is 654 g/mol. The van der Waals surface area contributed by atoms with Gasteiger partial charge in [-0.25, -0.2) is 0 Å². The Morgan fingerprint density at radius 1 is 0.568 bits per heavy atom. The van der Waals surface area contributed by atoms with Gasteiger partial charge in [0.1, 0.15) is 0 Å². The summed E-state index contributed by atoms with van der Waals surface area (Å²) in [6.07, 6.45) is 0. The van der Waals surface area contributed by atoms with Gasteiger partial charge in [0.25, 0.3) is 0 Å². The summed E-state index contributed by atoms with van der Waals surface area (Å²) in [7, 11) is -2.23. The van der Waals surface area contributed by atoms with Gasteiger partial charge in [0.15, 0.2) is 0 Å². The molecular weight excluding hydrogens is 619 g/mol. The molecule has 0 aliphatic rings. The number of hydrogen-bond donors (Lipinski definition) is 0. The van der Waals surface area contributed by atoms with Crippen molar-refractivity contribution in [2.24, 2.45) is 0 Å². The Kier molecular flexibility index (Phi) is 13.8. The summed E-state index contributed by atoms with van der Waals surface area (Å²) in [5.74, 6) is 0. The van der Waals surface area contributed by atoms with Gasteiger partial charge >= 0.3 is 70.8 Å². The molecule has 0 spiro atoms. The first-order valence-electron chi connectivity index (χ1n) is 12.4. The van der Waals surface area contributed by atoms with Gasteiger partial charge in [0.2, 0.25) is 0 Å². The Bertz CT molecular complexity index is 1240. The third kappa shape index (κ3) is 10.2. The van der Waals surface area contributed by atoms with E-state index in [1.165, 1.54) is 21.5 Å². The SMILES string of the molecule is C[Si](=[Zr+2])c1ccccc1.C[Si](C)(C)c1cc2ccccc2[cH-]1.C[Si](C)(C)c1cc2ccccc2[cH-]1.[Cl-].[Cl-]. The number of benzene rings is 3. The van der Waals surface area contributed by atoms with E-state index in [0.717, 1.165) is 0 Å². The minimum absolute atomic E-state index is 0. The number of rotatable bonds is 3. The van der Waals surface area contributed by atoms with E-state index in [-0.39, 0.29) is 30.2 Å². The quantitative estimate of drug-likeness (QED) is 0.203. The Morgan fingerprint density at radius 3 is 1.22 bits per heavy atom. The van der Waals surface area contributed by atoms with Crippen LogP contribution in [0.4, 0.5) is 0 Å². The van der Waals surface area contributed by atoms with E-state index >= 15 is 0 Å². The molecule has 194 valence electrons. The molecule has 0 aliphatic heterocycles. The Hall–Kier alpha value is -1.01. The van der Waals surface area contributed by atoms with E-state index in [1.807, 2.05) is 0 Å². The maximum atomic E-state index is 2.39. The Balaban J connectivity index is 0.000000275. The van der Waals surface area contributed by atoms with Crippen LogP contribution < -0.4 is 40.4 Å². The molecule has 0 bridgehead atoms. The van der Waals surface area contributed by atoms with Crippen LogP contribution in [0.15, 0.2) is 103 Å². The fraction of sp³-hybridized carbons (Fsp3) is 0.226. The minimum Gasteiger partial charge on any atom is -1.00 e. The Labute approximate surface area is 253 Å². The zero-order valence-corrected chi connectivity index (χ0v) is 30.0. The molecule has 0 amide bonds. The minimum atomic E-state index is -1.12. The average Bonchev–Trinajstić information content (AvgIpc) is 3.45. The van der Waals surface area contributed by atoms with Crippen LogP contribution in [-0.4, -0.2) is 21.6 Å². The summed E-state index contributed by atoms with van der Waals surface area (Å²) in [5, 5.41) is 10.2. The second kappa shape index (κ2) is 15.0. The number of halogens is 2. The molecule has 0 saturated heterocycles. The largest absolute Gasteiger partial charge is 1.00 e. The van der Waals surface area contributed by atoms with E-state index in [9.17, 15) is 0 Å². The van der Waals surface area contributed by atoms with Crippen LogP contribution >= 0.6 is 0 Å². The summed E-state index contributed by atoms with van der Waals surface area (Å²) < 4.78 is 0. The fourth-order valence-corrected chi connectivity index (χ4v) is 8.13. The number of fused-ring (bicyclic) bond motifs is 2. The van der Waals surface area contributed by atoms with Crippen LogP contribution in [0, 0.1) is 0 Å². The average molecular weight is 657 g/mol.